The van der Waals surface area contributed by atoms with Gasteiger partial charge in [-0.2, -0.15) is 9.67 Å². The summed E-state index contributed by atoms with van der Waals surface area (Å²) in [5.41, 5.74) is 11.6. The fraction of sp³-hybridized carbons (Fsp3) is 0. The van der Waals surface area contributed by atoms with Gasteiger partial charge in [0.15, 0.2) is 0 Å². The maximum absolute atomic E-state index is 5.84. The zero-order valence-electron chi connectivity index (χ0n) is 7.48. The van der Waals surface area contributed by atoms with E-state index in [4.69, 9.17) is 34.7 Å². The number of nitrogens with zero attached hydrogens (tertiary/aromatic N) is 3. The lowest BCUT2D eigenvalue weighted by Crippen LogP contribution is -2.02. The van der Waals surface area contributed by atoms with Gasteiger partial charge in [0.25, 0.3) is 0 Å². The van der Waals surface area contributed by atoms with Gasteiger partial charge in [0.05, 0.1) is 5.69 Å². The van der Waals surface area contributed by atoms with Crippen molar-refractivity contribution in [3.63, 3.8) is 0 Å². The van der Waals surface area contributed by atoms with E-state index >= 15 is 0 Å². The number of rotatable bonds is 1. The lowest BCUT2D eigenvalue weighted by Gasteiger charge is -2.03. The molecule has 1 aromatic carbocycles. The van der Waals surface area contributed by atoms with E-state index in [-0.39, 0.29) is 11.9 Å². The van der Waals surface area contributed by atoms with Crippen molar-refractivity contribution < 1.29 is 0 Å². The highest BCUT2D eigenvalue weighted by atomic mass is 35.5. The van der Waals surface area contributed by atoms with Crippen LogP contribution in [0.25, 0.3) is 5.69 Å². The van der Waals surface area contributed by atoms with Crippen LogP contribution in [0.4, 0.5) is 11.9 Å². The zero-order valence-corrected chi connectivity index (χ0v) is 9.00. The van der Waals surface area contributed by atoms with E-state index in [1.165, 1.54) is 4.68 Å². The molecule has 4 N–H and O–H groups in total. The van der Waals surface area contributed by atoms with E-state index in [1.54, 1.807) is 18.2 Å². The van der Waals surface area contributed by atoms with Crippen molar-refractivity contribution in [2.75, 3.05) is 11.5 Å². The minimum Gasteiger partial charge on any atom is -0.368 e. The van der Waals surface area contributed by atoms with Crippen molar-refractivity contribution in [2.45, 2.75) is 0 Å². The number of aromatic nitrogens is 3. The number of nitrogen functional groups attached to an aromatic ring is 2. The molecule has 7 heteroatoms. The average molecular weight is 244 g/mol. The van der Waals surface area contributed by atoms with Crippen LogP contribution in [0.1, 0.15) is 0 Å². The summed E-state index contributed by atoms with van der Waals surface area (Å²) in [6.45, 7) is 0. The summed E-state index contributed by atoms with van der Waals surface area (Å²) in [4.78, 5) is 3.77. The van der Waals surface area contributed by atoms with Gasteiger partial charge in [-0.25, -0.2) is 0 Å². The highest BCUT2D eigenvalue weighted by Crippen LogP contribution is 2.22. The quantitative estimate of drug-likeness (QED) is 0.800. The molecule has 0 aliphatic rings. The van der Waals surface area contributed by atoms with Crippen LogP contribution in [0, 0.1) is 0 Å². The molecule has 0 spiro atoms. The van der Waals surface area contributed by atoms with Crippen molar-refractivity contribution >= 4 is 35.1 Å². The summed E-state index contributed by atoms with van der Waals surface area (Å²) in [6, 6.07) is 4.94. The molecule has 1 heterocycles. The summed E-state index contributed by atoms with van der Waals surface area (Å²) < 4.78 is 1.37. The third-order valence-corrected chi connectivity index (χ3v) is 2.18. The van der Waals surface area contributed by atoms with E-state index in [9.17, 15) is 0 Å². The molecule has 0 saturated carbocycles. The molecule has 0 radical (unpaired) electrons. The average Bonchev–Trinajstić information content (AvgIpc) is 2.43. The fourth-order valence-electron chi connectivity index (χ4n) is 1.19. The molecule has 2 aromatic rings. The fourth-order valence-corrected chi connectivity index (χ4v) is 1.71. The van der Waals surface area contributed by atoms with Crippen LogP contribution in [-0.4, -0.2) is 14.8 Å². The van der Waals surface area contributed by atoms with Crippen molar-refractivity contribution in [1.29, 1.82) is 0 Å². The van der Waals surface area contributed by atoms with E-state index in [0.29, 0.717) is 15.7 Å². The number of benzene rings is 1. The minimum atomic E-state index is 0.101. The monoisotopic (exact) mass is 243 g/mol. The first-order chi connectivity index (χ1) is 7.06. The molecule has 0 atom stereocenters. The second kappa shape index (κ2) is 3.60. The molecule has 0 amide bonds. The maximum Gasteiger partial charge on any atom is 0.241 e. The first-order valence-electron chi connectivity index (χ1n) is 4.01. The lowest BCUT2D eigenvalue weighted by atomic mass is 10.3. The van der Waals surface area contributed by atoms with Crippen molar-refractivity contribution in [1.82, 2.24) is 14.8 Å². The second-order valence-electron chi connectivity index (χ2n) is 2.87. The van der Waals surface area contributed by atoms with Gasteiger partial charge < -0.3 is 11.5 Å². The number of halogens is 2. The third-order valence-electron chi connectivity index (χ3n) is 1.74. The summed E-state index contributed by atoms with van der Waals surface area (Å²) in [5.74, 6) is 0.287. The Hall–Kier alpha value is -1.46. The largest absolute Gasteiger partial charge is 0.368 e. The van der Waals surface area contributed by atoms with Crippen LogP contribution in [-0.2, 0) is 0 Å². The van der Waals surface area contributed by atoms with Crippen molar-refractivity contribution in [3.8, 4) is 5.69 Å². The SMILES string of the molecule is Nc1nc(N)n(-c2cc(Cl)cc(Cl)c2)n1. The van der Waals surface area contributed by atoms with Crippen LogP contribution in [0.3, 0.4) is 0 Å². The molecule has 0 bridgehead atoms. The van der Waals surface area contributed by atoms with Gasteiger partial charge in [0.2, 0.25) is 11.9 Å². The first-order valence-corrected chi connectivity index (χ1v) is 4.76. The van der Waals surface area contributed by atoms with E-state index in [2.05, 4.69) is 10.1 Å². The molecule has 1 aromatic heterocycles. The van der Waals surface area contributed by atoms with Crippen LogP contribution in [0.2, 0.25) is 10.0 Å². The zero-order chi connectivity index (χ0) is 11.0. The molecule has 0 aliphatic carbocycles. The van der Waals surface area contributed by atoms with Gasteiger partial charge in [-0.3, -0.25) is 0 Å². The number of anilines is 2. The molecule has 0 fully saturated rings. The minimum absolute atomic E-state index is 0.101. The van der Waals surface area contributed by atoms with Gasteiger partial charge >= 0.3 is 0 Å². The van der Waals surface area contributed by atoms with Gasteiger partial charge in [-0.15, -0.1) is 5.10 Å². The molecule has 2 rings (SSSR count). The predicted octanol–water partition coefficient (Wildman–Crippen LogP) is 1.74. The third kappa shape index (κ3) is 1.98. The van der Waals surface area contributed by atoms with Crippen LogP contribution in [0.5, 0.6) is 0 Å². The number of hydrogen-bond donors (Lipinski definition) is 2. The Balaban J connectivity index is 2.58. The van der Waals surface area contributed by atoms with E-state index in [1.807, 2.05) is 0 Å². The molecule has 0 aliphatic heterocycles. The van der Waals surface area contributed by atoms with E-state index in [0.717, 1.165) is 0 Å². The molecule has 0 unspecified atom stereocenters. The summed E-state index contributed by atoms with van der Waals surface area (Å²) in [5, 5.41) is 4.89. The van der Waals surface area contributed by atoms with Crippen LogP contribution >= 0.6 is 23.2 Å². The topological polar surface area (TPSA) is 82.7 Å². The smallest absolute Gasteiger partial charge is 0.241 e. The van der Waals surface area contributed by atoms with Crippen molar-refractivity contribution in [3.05, 3.63) is 28.2 Å². The highest BCUT2D eigenvalue weighted by Gasteiger charge is 2.07. The van der Waals surface area contributed by atoms with Crippen LogP contribution in [0.15, 0.2) is 18.2 Å². The number of hydrogen-bond acceptors (Lipinski definition) is 4. The molecular formula is C8H7Cl2N5. The van der Waals surface area contributed by atoms with Crippen molar-refractivity contribution in [2.24, 2.45) is 0 Å². The Kier molecular flexibility index (Phi) is 2.42. The summed E-state index contributed by atoms with van der Waals surface area (Å²) in [7, 11) is 0. The predicted molar refractivity (Wildman–Crippen MR) is 60.2 cm³/mol. The highest BCUT2D eigenvalue weighted by molar-refractivity contribution is 6.34. The first kappa shape index (κ1) is 10.1. The Bertz CT molecular complexity index is 487. The normalized spacial score (nSPS) is 10.5. The van der Waals surface area contributed by atoms with Gasteiger partial charge in [0, 0.05) is 10.0 Å². The summed E-state index contributed by atoms with van der Waals surface area (Å²) >= 11 is 11.7. The van der Waals surface area contributed by atoms with E-state index < -0.39 is 0 Å². The Morgan fingerprint density at radius 1 is 1.07 bits per heavy atom. The van der Waals surface area contributed by atoms with Gasteiger partial charge in [0.1, 0.15) is 0 Å². The Morgan fingerprint density at radius 3 is 2.13 bits per heavy atom. The van der Waals surface area contributed by atoms with Crippen LogP contribution < -0.4 is 11.5 Å². The number of nitrogens with two attached hydrogens (primary N) is 2. The Morgan fingerprint density at radius 2 is 1.67 bits per heavy atom. The molecular weight excluding hydrogens is 237 g/mol. The van der Waals surface area contributed by atoms with Gasteiger partial charge in [-0.05, 0) is 18.2 Å². The molecule has 5 nitrogen and oxygen atoms in total. The van der Waals surface area contributed by atoms with Gasteiger partial charge in [-0.1, -0.05) is 23.2 Å². The molecule has 0 saturated heterocycles. The second-order valence-corrected chi connectivity index (χ2v) is 3.74. The maximum atomic E-state index is 5.84. The summed E-state index contributed by atoms with van der Waals surface area (Å²) in [6.07, 6.45) is 0. The standard InChI is InChI=1S/C8H7Cl2N5/c9-4-1-5(10)3-6(2-4)15-8(12)13-7(11)14-15/h1-3H,(H4,11,12,13,14). The lowest BCUT2D eigenvalue weighted by molar-refractivity contribution is 0.896. The molecule has 15 heavy (non-hydrogen) atoms. The molecule has 78 valence electrons. The Labute approximate surface area is 95.6 Å².